The second kappa shape index (κ2) is 6.13. The Bertz CT molecular complexity index is 656. The first kappa shape index (κ1) is 15.9. The summed E-state index contributed by atoms with van der Waals surface area (Å²) in [5.74, 6) is -1.41. The SMILES string of the molecule is CC1(C)CC(=O)C(=C(O)c2ccccc2)C(=NCC(=O)O)C1. The van der Waals surface area contributed by atoms with Gasteiger partial charge in [0, 0.05) is 12.0 Å². The number of allylic oxidation sites excluding steroid dienone is 1. The normalized spacial score (nSPS) is 21.7. The fraction of sp³-hybridized carbons (Fsp3) is 0.353. The van der Waals surface area contributed by atoms with E-state index in [0.717, 1.165) is 0 Å². The van der Waals surface area contributed by atoms with Crippen LogP contribution in [0.4, 0.5) is 0 Å². The molecule has 0 aliphatic heterocycles. The third-order valence-corrected chi connectivity index (χ3v) is 3.54. The van der Waals surface area contributed by atoms with Gasteiger partial charge in [-0.25, -0.2) is 0 Å². The molecule has 2 N–H and O–H groups in total. The van der Waals surface area contributed by atoms with Crippen molar-refractivity contribution in [2.75, 3.05) is 6.54 Å². The zero-order chi connectivity index (χ0) is 16.3. The van der Waals surface area contributed by atoms with Crippen molar-refractivity contribution in [2.24, 2.45) is 10.4 Å². The van der Waals surface area contributed by atoms with Gasteiger partial charge in [0.05, 0.1) is 11.3 Å². The number of hydrogen-bond donors (Lipinski definition) is 2. The van der Waals surface area contributed by atoms with Gasteiger partial charge in [-0.15, -0.1) is 0 Å². The van der Waals surface area contributed by atoms with Crippen molar-refractivity contribution >= 4 is 23.2 Å². The van der Waals surface area contributed by atoms with E-state index in [2.05, 4.69) is 4.99 Å². The summed E-state index contributed by atoms with van der Waals surface area (Å²) in [6, 6.07) is 8.73. The maximum absolute atomic E-state index is 12.4. The van der Waals surface area contributed by atoms with Crippen LogP contribution in [0.1, 0.15) is 32.3 Å². The Hall–Kier alpha value is -2.43. The molecule has 1 aromatic rings. The molecule has 0 amide bonds. The van der Waals surface area contributed by atoms with Crippen molar-refractivity contribution in [3.8, 4) is 0 Å². The molecule has 0 heterocycles. The highest BCUT2D eigenvalue weighted by atomic mass is 16.4. The zero-order valence-corrected chi connectivity index (χ0v) is 12.7. The average molecular weight is 301 g/mol. The molecule has 116 valence electrons. The van der Waals surface area contributed by atoms with Gasteiger partial charge in [0.1, 0.15) is 12.3 Å². The molecule has 1 aromatic carbocycles. The molecule has 1 aliphatic carbocycles. The minimum atomic E-state index is -1.07. The van der Waals surface area contributed by atoms with Crippen molar-refractivity contribution < 1.29 is 19.8 Å². The predicted molar refractivity (Wildman–Crippen MR) is 84.0 cm³/mol. The fourth-order valence-corrected chi connectivity index (χ4v) is 2.60. The van der Waals surface area contributed by atoms with Gasteiger partial charge in [-0.05, 0) is 11.8 Å². The van der Waals surface area contributed by atoms with Crippen molar-refractivity contribution in [2.45, 2.75) is 26.7 Å². The lowest BCUT2D eigenvalue weighted by molar-refractivity contribution is -0.135. The fourth-order valence-electron chi connectivity index (χ4n) is 2.60. The van der Waals surface area contributed by atoms with Crippen LogP contribution in [-0.2, 0) is 9.59 Å². The number of aliphatic hydroxyl groups is 1. The number of Topliss-reactive ketones (excluding diaryl/α,β-unsaturated/α-hetero) is 1. The monoisotopic (exact) mass is 301 g/mol. The first-order valence-electron chi connectivity index (χ1n) is 7.07. The van der Waals surface area contributed by atoms with Crippen LogP contribution in [0.25, 0.3) is 5.76 Å². The molecule has 1 aliphatic rings. The molecule has 22 heavy (non-hydrogen) atoms. The van der Waals surface area contributed by atoms with E-state index in [0.29, 0.717) is 24.1 Å². The first-order valence-corrected chi connectivity index (χ1v) is 7.07. The Morgan fingerprint density at radius 3 is 2.41 bits per heavy atom. The summed E-state index contributed by atoms with van der Waals surface area (Å²) in [6.07, 6.45) is 0.754. The van der Waals surface area contributed by atoms with Crippen LogP contribution in [0.2, 0.25) is 0 Å². The number of benzene rings is 1. The van der Waals surface area contributed by atoms with Gasteiger partial charge in [0.2, 0.25) is 0 Å². The number of carbonyl (C=O) groups excluding carboxylic acids is 1. The second-order valence-corrected chi connectivity index (χ2v) is 6.19. The molecule has 0 atom stereocenters. The van der Waals surface area contributed by atoms with E-state index >= 15 is 0 Å². The van der Waals surface area contributed by atoms with Gasteiger partial charge in [-0.1, -0.05) is 44.2 Å². The third-order valence-electron chi connectivity index (χ3n) is 3.54. The van der Waals surface area contributed by atoms with Crippen LogP contribution in [0, 0.1) is 5.41 Å². The Balaban J connectivity index is 2.51. The van der Waals surface area contributed by atoms with Gasteiger partial charge in [-0.3, -0.25) is 14.6 Å². The predicted octanol–water partition coefficient (Wildman–Crippen LogP) is 2.87. The van der Waals surface area contributed by atoms with Crippen molar-refractivity contribution in [1.82, 2.24) is 0 Å². The first-order chi connectivity index (χ1) is 10.3. The average Bonchev–Trinajstić information content (AvgIpc) is 2.44. The summed E-state index contributed by atoms with van der Waals surface area (Å²) in [6.45, 7) is 3.44. The Morgan fingerprint density at radius 1 is 1.18 bits per heavy atom. The summed E-state index contributed by atoms with van der Waals surface area (Å²) in [5.41, 5.74) is 0.736. The number of nitrogens with zero attached hydrogens (tertiary/aromatic N) is 1. The molecule has 1 saturated carbocycles. The van der Waals surface area contributed by atoms with Crippen LogP contribution < -0.4 is 0 Å². The van der Waals surface area contributed by atoms with Crippen LogP contribution in [-0.4, -0.2) is 34.2 Å². The Morgan fingerprint density at radius 2 is 1.82 bits per heavy atom. The number of aliphatic imine (C=N–C) groups is 1. The molecule has 5 heteroatoms. The van der Waals surface area contributed by atoms with Gasteiger partial charge >= 0.3 is 5.97 Å². The van der Waals surface area contributed by atoms with Gasteiger partial charge in [0.15, 0.2) is 5.78 Å². The van der Waals surface area contributed by atoms with E-state index in [1.54, 1.807) is 24.3 Å². The van der Waals surface area contributed by atoms with Crippen molar-refractivity contribution in [1.29, 1.82) is 0 Å². The van der Waals surface area contributed by atoms with Gasteiger partial charge in [0.25, 0.3) is 0 Å². The lowest BCUT2D eigenvalue weighted by atomic mass is 9.73. The molecule has 0 unspecified atom stereocenters. The molecule has 0 spiro atoms. The Kier molecular flexibility index (Phi) is 4.45. The standard InChI is InChI=1S/C17H19NO4/c1-17(2)8-12(18-10-14(20)21)15(13(19)9-17)16(22)11-6-4-3-5-7-11/h3-7,22H,8-10H2,1-2H3,(H,20,21). The smallest absolute Gasteiger partial charge is 0.325 e. The quantitative estimate of drug-likeness (QED) is 0.664. The van der Waals surface area contributed by atoms with Gasteiger partial charge < -0.3 is 10.2 Å². The van der Waals surface area contributed by atoms with E-state index < -0.39 is 12.5 Å². The lowest BCUT2D eigenvalue weighted by Gasteiger charge is -2.31. The van der Waals surface area contributed by atoms with E-state index in [4.69, 9.17) is 5.11 Å². The zero-order valence-electron chi connectivity index (χ0n) is 12.7. The van der Waals surface area contributed by atoms with Crippen LogP contribution in [0.3, 0.4) is 0 Å². The molecule has 5 nitrogen and oxygen atoms in total. The molecular formula is C17H19NO4. The molecule has 2 rings (SSSR count). The van der Waals surface area contributed by atoms with Crippen LogP contribution in [0.15, 0.2) is 40.9 Å². The number of aliphatic carboxylic acids is 1. The van der Waals surface area contributed by atoms with Gasteiger partial charge in [-0.2, -0.15) is 0 Å². The Labute approximate surface area is 129 Å². The third kappa shape index (κ3) is 3.61. The summed E-state index contributed by atoms with van der Waals surface area (Å²) >= 11 is 0. The highest BCUT2D eigenvalue weighted by molar-refractivity contribution is 6.28. The minimum Gasteiger partial charge on any atom is -0.506 e. The van der Waals surface area contributed by atoms with E-state index in [1.165, 1.54) is 0 Å². The summed E-state index contributed by atoms with van der Waals surface area (Å²) in [5, 5.41) is 19.3. The molecule has 0 saturated heterocycles. The van der Waals surface area contributed by atoms with E-state index in [1.807, 2.05) is 19.9 Å². The molecule has 1 fully saturated rings. The maximum atomic E-state index is 12.4. The molecule has 0 aromatic heterocycles. The number of aliphatic hydroxyl groups excluding tert-OH is 1. The maximum Gasteiger partial charge on any atom is 0.325 e. The van der Waals surface area contributed by atoms with E-state index in [9.17, 15) is 14.7 Å². The number of carbonyl (C=O) groups is 2. The highest BCUT2D eigenvalue weighted by Crippen LogP contribution is 2.36. The van der Waals surface area contributed by atoms with E-state index in [-0.39, 0.29) is 22.5 Å². The lowest BCUT2D eigenvalue weighted by Crippen LogP contribution is -2.33. The number of carboxylic acid groups (broad SMARTS) is 1. The van der Waals surface area contributed by atoms with Crippen LogP contribution >= 0.6 is 0 Å². The number of carboxylic acids is 1. The minimum absolute atomic E-state index is 0.134. The molecule has 0 radical (unpaired) electrons. The van der Waals surface area contributed by atoms with Crippen LogP contribution in [0.5, 0.6) is 0 Å². The summed E-state index contributed by atoms with van der Waals surface area (Å²) in [7, 11) is 0. The topological polar surface area (TPSA) is 87.0 Å². The number of hydrogen-bond acceptors (Lipinski definition) is 4. The molecule has 0 bridgehead atoms. The number of ketones is 1. The summed E-state index contributed by atoms with van der Waals surface area (Å²) < 4.78 is 0. The largest absolute Gasteiger partial charge is 0.506 e. The highest BCUT2D eigenvalue weighted by Gasteiger charge is 2.36. The molecular weight excluding hydrogens is 282 g/mol. The van der Waals surface area contributed by atoms with Crippen molar-refractivity contribution in [3.63, 3.8) is 0 Å². The van der Waals surface area contributed by atoms with Crippen molar-refractivity contribution in [3.05, 3.63) is 41.5 Å². The summed E-state index contributed by atoms with van der Waals surface area (Å²) in [4.78, 5) is 27.2. The number of rotatable bonds is 3. The second-order valence-electron chi connectivity index (χ2n) is 6.19.